The molecule has 0 aliphatic heterocycles. The summed E-state index contributed by atoms with van der Waals surface area (Å²) in [6.07, 6.45) is 3.42. The summed E-state index contributed by atoms with van der Waals surface area (Å²) in [5, 5.41) is 2.31. The monoisotopic (exact) mass is 446 g/mol. The first kappa shape index (κ1) is 20.9. The molecule has 0 saturated carbocycles. The predicted molar refractivity (Wildman–Crippen MR) is 138 cm³/mol. The van der Waals surface area contributed by atoms with Crippen molar-refractivity contribution >= 4 is 40.1 Å². The summed E-state index contributed by atoms with van der Waals surface area (Å²) in [5.41, 5.74) is 3.13. The van der Waals surface area contributed by atoms with Gasteiger partial charge in [-0.15, -0.1) is 0 Å². The highest BCUT2D eigenvalue weighted by atomic mass is 31.2. The van der Waals surface area contributed by atoms with E-state index in [1.807, 2.05) is 103 Å². The molecular weight excluding hydrogens is 423 g/mol. The van der Waals surface area contributed by atoms with Gasteiger partial charge in [-0.3, -0.25) is 4.98 Å². The van der Waals surface area contributed by atoms with Gasteiger partial charge in [0.1, 0.15) is 0 Å². The van der Waals surface area contributed by atoms with E-state index >= 15 is 0 Å². The molecule has 3 nitrogen and oxygen atoms in total. The SMILES string of the molecule is O=P(c1ccccc1)(c1ccc(N(c2ccccc2)c2ccccc2)cc1)c1cccnc1. The maximum Gasteiger partial charge on any atom is 0.172 e. The lowest BCUT2D eigenvalue weighted by atomic mass is 10.2. The van der Waals surface area contributed by atoms with E-state index in [4.69, 9.17) is 0 Å². The van der Waals surface area contributed by atoms with Gasteiger partial charge in [-0.1, -0.05) is 66.7 Å². The highest BCUT2D eigenvalue weighted by molar-refractivity contribution is 7.85. The molecule has 0 bridgehead atoms. The smallest absolute Gasteiger partial charge is 0.172 e. The Bertz CT molecular complexity index is 1270. The Hall–Kier alpha value is -3.94. The fourth-order valence-electron chi connectivity index (χ4n) is 4.04. The summed E-state index contributed by atoms with van der Waals surface area (Å²) in [5.74, 6) is 0. The van der Waals surface area contributed by atoms with Crippen molar-refractivity contribution in [3.05, 3.63) is 140 Å². The number of hydrogen-bond donors (Lipinski definition) is 0. The third-order valence-electron chi connectivity index (χ3n) is 5.63. The minimum absolute atomic E-state index is 0.729. The zero-order valence-corrected chi connectivity index (χ0v) is 18.9. The van der Waals surface area contributed by atoms with Crippen LogP contribution >= 0.6 is 7.14 Å². The van der Waals surface area contributed by atoms with E-state index in [-0.39, 0.29) is 0 Å². The number of rotatable bonds is 6. The molecule has 0 aliphatic carbocycles. The average molecular weight is 446 g/mol. The summed E-state index contributed by atoms with van der Waals surface area (Å²) in [6.45, 7) is 0. The zero-order valence-electron chi connectivity index (χ0n) is 18.0. The Balaban J connectivity index is 1.62. The van der Waals surface area contributed by atoms with Crippen molar-refractivity contribution in [3.63, 3.8) is 0 Å². The van der Waals surface area contributed by atoms with Crippen molar-refractivity contribution in [2.75, 3.05) is 4.90 Å². The van der Waals surface area contributed by atoms with Gasteiger partial charge in [0.25, 0.3) is 0 Å². The van der Waals surface area contributed by atoms with Crippen LogP contribution in [0, 0.1) is 0 Å². The Morgan fingerprint density at radius 2 is 0.939 bits per heavy atom. The molecule has 0 saturated heterocycles. The second-order valence-corrected chi connectivity index (χ2v) is 10.4. The van der Waals surface area contributed by atoms with Gasteiger partial charge in [-0.05, 0) is 60.7 Å². The first-order valence-corrected chi connectivity index (χ1v) is 12.5. The standard InChI is InChI=1S/C29H23N2OP/c32-33(27-15-8-3-9-16-27,29-17-10-22-30-23-29)28-20-18-26(19-21-28)31(24-11-4-1-5-12-24)25-13-6-2-7-14-25/h1-23H. The van der Waals surface area contributed by atoms with Gasteiger partial charge in [0.2, 0.25) is 0 Å². The fraction of sp³-hybridized carbons (Fsp3) is 0. The van der Waals surface area contributed by atoms with Gasteiger partial charge in [0, 0.05) is 45.4 Å². The van der Waals surface area contributed by atoms with Crippen LogP contribution in [-0.2, 0) is 4.57 Å². The van der Waals surface area contributed by atoms with Gasteiger partial charge in [0.05, 0.1) is 0 Å². The molecular formula is C29H23N2OP. The van der Waals surface area contributed by atoms with E-state index in [9.17, 15) is 4.57 Å². The predicted octanol–water partition coefficient (Wildman–Crippen LogP) is 6.19. The maximum absolute atomic E-state index is 14.6. The van der Waals surface area contributed by atoms with Crippen LogP contribution in [0.5, 0.6) is 0 Å². The second-order valence-electron chi connectivity index (χ2n) is 7.68. The van der Waals surface area contributed by atoms with Crippen LogP contribution in [0.15, 0.2) is 140 Å². The second kappa shape index (κ2) is 9.28. The molecule has 0 amide bonds. The minimum atomic E-state index is -3.05. The maximum atomic E-state index is 14.6. The van der Waals surface area contributed by atoms with Crippen LogP contribution in [0.25, 0.3) is 0 Å². The van der Waals surface area contributed by atoms with E-state index in [1.165, 1.54) is 0 Å². The van der Waals surface area contributed by atoms with Crippen LogP contribution in [-0.4, -0.2) is 4.98 Å². The molecule has 0 radical (unpaired) electrons. The van der Waals surface area contributed by atoms with Gasteiger partial charge >= 0.3 is 0 Å². The molecule has 1 atom stereocenters. The lowest BCUT2D eigenvalue weighted by Crippen LogP contribution is -2.25. The summed E-state index contributed by atoms with van der Waals surface area (Å²) in [7, 11) is -3.05. The lowest BCUT2D eigenvalue weighted by Gasteiger charge is -2.26. The molecule has 5 rings (SSSR count). The molecule has 0 aliphatic rings. The fourth-order valence-corrected chi connectivity index (χ4v) is 6.62. The van der Waals surface area contributed by atoms with Crippen molar-refractivity contribution in [3.8, 4) is 0 Å². The lowest BCUT2D eigenvalue weighted by molar-refractivity contribution is 0.592. The molecule has 160 valence electrons. The zero-order chi connectivity index (χ0) is 22.5. The van der Waals surface area contributed by atoms with E-state index in [1.54, 1.807) is 12.4 Å². The first-order valence-electron chi connectivity index (χ1n) is 10.8. The highest BCUT2D eigenvalue weighted by Gasteiger charge is 2.30. The van der Waals surface area contributed by atoms with Gasteiger partial charge in [-0.25, -0.2) is 0 Å². The molecule has 1 unspecified atom stereocenters. The summed E-state index contributed by atoms with van der Waals surface area (Å²) in [6, 6.07) is 42.0. The number of pyridine rings is 1. The molecule has 4 aromatic carbocycles. The molecule has 33 heavy (non-hydrogen) atoms. The number of nitrogens with zero attached hydrogens (tertiary/aromatic N) is 2. The van der Waals surface area contributed by atoms with Crippen LogP contribution in [0.3, 0.4) is 0 Å². The summed E-state index contributed by atoms with van der Waals surface area (Å²) in [4.78, 5) is 6.44. The number of aromatic nitrogens is 1. The van der Waals surface area contributed by atoms with Crippen molar-refractivity contribution < 1.29 is 4.57 Å². The normalized spacial score (nSPS) is 12.6. The number of para-hydroxylation sites is 2. The molecule has 0 spiro atoms. The Kier molecular flexibility index (Phi) is 5.89. The Labute approximate surface area is 194 Å². The highest BCUT2D eigenvalue weighted by Crippen LogP contribution is 2.43. The average Bonchev–Trinajstić information content (AvgIpc) is 2.91. The van der Waals surface area contributed by atoms with Gasteiger partial charge < -0.3 is 9.46 Å². The van der Waals surface area contributed by atoms with Crippen LogP contribution in [0.1, 0.15) is 0 Å². The van der Waals surface area contributed by atoms with Crippen molar-refractivity contribution in [2.24, 2.45) is 0 Å². The number of hydrogen-bond acceptors (Lipinski definition) is 3. The van der Waals surface area contributed by atoms with E-state index in [0.29, 0.717) is 0 Å². The largest absolute Gasteiger partial charge is 0.311 e. The van der Waals surface area contributed by atoms with Crippen molar-refractivity contribution in [2.45, 2.75) is 0 Å². The quantitative estimate of drug-likeness (QED) is 0.292. The van der Waals surface area contributed by atoms with Crippen molar-refractivity contribution in [1.29, 1.82) is 0 Å². The Morgan fingerprint density at radius 3 is 1.45 bits per heavy atom. The number of benzene rings is 4. The van der Waals surface area contributed by atoms with E-state index in [0.717, 1.165) is 33.0 Å². The van der Waals surface area contributed by atoms with E-state index in [2.05, 4.69) is 34.1 Å². The topological polar surface area (TPSA) is 33.2 Å². The van der Waals surface area contributed by atoms with Gasteiger partial charge in [0.15, 0.2) is 7.14 Å². The van der Waals surface area contributed by atoms with Crippen LogP contribution < -0.4 is 20.8 Å². The van der Waals surface area contributed by atoms with Gasteiger partial charge in [-0.2, -0.15) is 0 Å². The summed E-state index contributed by atoms with van der Waals surface area (Å²) >= 11 is 0. The molecule has 5 aromatic rings. The first-order chi connectivity index (χ1) is 16.3. The number of anilines is 3. The van der Waals surface area contributed by atoms with E-state index < -0.39 is 7.14 Å². The summed E-state index contributed by atoms with van der Waals surface area (Å²) < 4.78 is 14.6. The van der Waals surface area contributed by atoms with Crippen LogP contribution in [0.4, 0.5) is 17.1 Å². The minimum Gasteiger partial charge on any atom is -0.311 e. The molecule has 0 N–H and O–H groups in total. The molecule has 1 heterocycles. The third-order valence-corrected chi connectivity index (χ3v) is 8.67. The Morgan fingerprint density at radius 1 is 0.485 bits per heavy atom. The third kappa shape index (κ3) is 4.11. The van der Waals surface area contributed by atoms with Crippen molar-refractivity contribution in [1.82, 2.24) is 4.98 Å². The molecule has 0 fully saturated rings. The van der Waals surface area contributed by atoms with Crippen LogP contribution in [0.2, 0.25) is 0 Å². The molecule has 1 aromatic heterocycles. The molecule has 4 heteroatoms.